The van der Waals surface area contributed by atoms with Crippen molar-refractivity contribution in [3.63, 3.8) is 0 Å². The predicted octanol–water partition coefficient (Wildman–Crippen LogP) is 3.01. The molecule has 0 aromatic heterocycles. The van der Waals surface area contributed by atoms with Gasteiger partial charge in [-0.15, -0.1) is 11.8 Å². The molecule has 1 fully saturated rings. The molecule has 1 aliphatic heterocycles. The minimum absolute atomic E-state index is 0.834. The maximum atomic E-state index is 5.35. The first-order chi connectivity index (χ1) is 7.29. The van der Waals surface area contributed by atoms with E-state index in [1.807, 2.05) is 0 Å². The predicted molar refractivity (Wildman–Crippen MR) is 69.0 cm³/mol. The van der Waals surface area contributed by atoms with Gasteiger partial charge in [0.1, 0.15) is 0 Å². The van der Waals surface area contributed by atoms with Gasteiger partial charge in [0, 0.05) is 28.1 Å². The summed E-state index contributed by atoms with van der Waals surface area (Å²) in [6, 6.07) is 6.56. The van der Waals surface area contributed by atoms with Crippen LogP contribution in [0.3, 0.4) is 0 Å². The third-order valence-electron chi connectivity index (χ3n) is 2.47. The van der Waals surface area contributed by atoms with Gasteiger partial charge in [-0.2, -0.15) is 0 Å². The summed E-state index contributed by atoms with van der Waals surface area (Å²) in [6.07, 6.45) is 2.10. The van der Waals surface area contributed by atoms with Crippen LogP contribution in [0.15, 0.2) is 27.6 Å². The smallest absolute Gasteiger partial charge is 0.0642 e. The van der Waals surface area contributed by atoms with E-state index in [1.54, 1.807) is 11.8 Å². The lowest BCUT2D eigenvalue weighted by Gasteiger charge is -2.29. The first kappa shape index (κ1) is 11.3. The first-order valence-electron chi connectivity index (χ1n) is 4.97. The molecule has 0 saturated carbocycles. The zero-order chi connectivity index (χ0) is 10.7. The maximum absolute atomic E-state index is 5.35. The van der Waals surface area contributed by atoms with Gasteiger partial charge in [-0.1, -0.05) is 15.9 Å². The van der Waals surface area contributed by atoms with Gasteiger partial charge in [0.2, 0.25) is 0 Å². The number of nitrogens with zero attached hydrogens (tertiary/aromatic N) is 1. The number of hydrogen-bond donors (Lipinski definition) is 0. The van der Waals surface area contributed by atoms with Gasteiger partial charge in [0.05, 0.1) is 13.2 Å². The Morgan fingerprint density at radius 2 is 2.00 bits per heavy atom. The number of halogens is 1. The minimum atomic E-state index is 0.834. The molecule has 4 heteroatoms. The van der Waals surface area contributed by atoms with Crippen LogP contribution in [0.1, 0.15) is 0 Å². The van der Waals surface area contributed by atoms with Crippen molar-refractivity contribution in [1.82, 2.24) is 0 Å². The van der Waals surface area contributed by atoms with E-state index in [0.717, 1.165) is 30.8 Å². The van der Waals surface area contributed by atoms with Gasteiger partial charge in [0.15, 0.2) is 0 Å². The van der Waals surface area contributed by atoms with E-state index in [4.69, 9.17) is 4.74 Å². The third-order valence-corrected chi connectivity index (χ3v) is 3.63. The van der Waals surface area contributed by atoms with Crippen LogP contribution in [0.25, 0.3) is 0 Å². The highest BCUT2D eigenvalue weighted by Crippen LogP contribution is 2.28. The fourth-order valence-corrected chi connectivity index (χ4v) is 2.79. The summed E-state index contributed by atoms with van der Waals surface area (Å²) in [5.74, 6) is 0. The molecule has 0 unspecified atom stereocenters. The lowest BCUT2D eigenvalue weighted by molar-refractivity contribution is 0.122. The summed E-state index contributed by atoms with van der Waals surface area (Å²) in [6.45, 7) is 3.65. The second-order valence-electron chi connectivity index (χ2n) is 3.45. The van der Waals surface area contributed by atoms with Crippen molar-refractivity contribution >= 4 is 33.4 Å². The highest BCUT2D eigenvalue weighted by molar-refractivity contribution is 9.10. The van der Waals surface area contributed by atoms with Crippen LogP contribution in [0.2, 0.25) is 0 Å². The molecule has 1 aromatic carbocycles. The quantitative estimate of drug-likeness (QED) is 0.776. The molecule has 1 heterocycles. The molecule has 1 aromatic rings. The monoisotopic (exact) mass is 287 g/mol. The standard InChI is InChI=1S/C11H14BrNOS/c1-15-11-7-9(12)6-10(8-11)13-2-4-14-5-3-13/h6-8H,2-5H2,1H3. The Balaban J connectivity index is 2.22. The van der Waals surface area contributed by atoms with E-state index < -0.39 is 0 Å². The Hall–Kier alpha value is -0.190. The van der Waals surface area contributed by atoms with Crippen LogP contribution in [0.4, 0.5) is 5.69 Å². The fourth-order valence-electron chi connectivity index (χ4n) is 1.67. The van der Waals surface area contributed by atoms with Gasteiger partial charge in [-0.3, -0.25) is 0 Å². The van der Waals surface area contributed by atoms with Crippen molar-refractivity contribution in [2.75, 3.05) is 37.5 Å². The van der Waals surface area contributed by atoms with E-state index in [2.05, 4.69) is 45.3 Å². The van der Waals surface area contributed by atoms with Crippen LogP contribution in [0.5, 0.6) is 0 Å². The van der Waals surface area contributed by atoms with E-state index in [1.165, 1.54) is 10.6 Å². The van der Waals surface area contributed by atoms with Crippen molar-refractivity contribution in [2.24, 2.45) is 0 Å². The number of ether oxygens (including phenoxy) is 1. The SMILES string of the molecule is CSc1cc(Br)cc(N2CCOCC2)c1. The topological polar surface area (TPSA) is 12.5 Å². The Morgan fingerprint density at radius 3 is 2.67 bits per heavy atom. The molecule has 82 valence electrons. The average molecular weight is 288 g/mol. The Labute approximate surface area is 103 Å². The summed E-state index contributed by atoms with van der Waals surface area (Å²) in [7, 11) is 0. The average Bonchev–Trinajstić information content (AvgIpc) is 2.29. The number of morpholine rings is 1. The van der Waals surface area contributed by atoms with Crippen LogP contribution < -0.4 is 4.90 Å². The number of thioether (sulfide) groups is 1. The van der Waals surface area contributed by atoms with Crippen molar-refractivity contribution in [3.05, 3.63) is 22.7 Å². The number of benzene rings is 1. The fraction of sp³-hybridized carbons (Fsp3) is 0.455. The molecule has 2 rings (SSSR count). The minimum Gasteiger partial charge on any atom is -0.378 e. The molecule has 0 radical (unpaired) electrons. The van der Waals surface area contributed by atoms with Gasteiger partial charge < -0.3 is 9.64 Å². The van der Waals surface area contributed by atoms with Crippen molar-refractivity contribution in [2.45, 2.75) is 4.90 Å². The van der Waals surface area contributed by atoms with Gasteiger partial charge >= 0.3 is 0 Å². The zero-order valence-corrected chi connectivity index (χ0v) is 11.1. The lowest BCUT2D eigenvalue weighted by Crippen LogP contribution is -2.36. The molecule has 0 N–H and O–H groups in total. The zero-order valence-electron chi connectivity index (χ0n) is 8.70. The van der Waals surface area contributed by atoms with E-state index in [0.29, 0.717) is 0 Å². The highest BCUT2D eigenvalue weighted by Gasteiger charge is 2.12. The molecule has 0 atom stereocenters. The Kier molecular flexibility index (Phi) is 3.94. The molecular formula is C11H14BrNOS. The second kappa shape index (κ2) is 5.23. The number of rotatable bonds is 2. The molecule has 15 heavy (non-hydrogen) atoms. The van der Waals surface area contributed by atoms with E-state index in [9.17, 15) is 0 Å². The molecule has 1 saturated heterocycles. The summed E-state index contributed by atoms with van der Waals surface area (Å²) < 4.78 is 6.50. The Bertz CT molecular complexity index is 339. The van der Waals surface area contributed by atoms with Crippen molar-refractivity contribution < 1.29 is 4.74 Å². The highest BCUT2D eigenvalue weighted by atomic mass is 79.9. The van der Waals surface area contributed by atoms with Gasteiger partial charge in [-0.05, 0) is 24.5 Å². The first-order valence-corrected chi connectivity index (χ1v) is 6.98. The van der Waals surface area contributed by atoms with Crippen molar-refractivity contribution in [3.8, 4) is 0 Å². The summed E-state index contributed by atoms with van der Waals surface area (Å²) in [4.78, 5) is 3.67. The summed E-state index contributed by atoms with van der Waals surface area (Å²) in [5.41, 5.74) is 1.29. The van der Waals surface area contributed by atoms with Crippen LogP contribution in [-0.2, 0) is 4.74 Å². The normalized spacial score (nSPS) is 16.8. The summed E-state index contributed by atoms with van der Waals surface area (Å²) >= 11 is 5.32. The number of anilines is 1. The third kappa shape index (κ3) is 2.89. The molecule has 0 aliphatic carbocycles. The number of hydrogen-bond acceptors (Lipinski definition) is 3. The molecule has 0 bridgehead atoms. The van der Waals surface area contributed by atoms with Crippen LogP contribution >= 0.6 is 27.7 Å². The molecule has 1 aliphatic rings. The van der Waals surface area contributed by atoms with E-state index in [-0.39, 0.29) is 0 Å². The second-order valence-corrected chi connectivity index (χ2v) is 5.24. The van der Waals surface area contributed by atoms with Gasteiger partial charge in [-0.25, -0.2) is 0 Å². The van der Waals surface area contributed by atoms with Gasteiger partial charge in [0.25, 0.3) is 0 Å². The molecule has 2 nitrogen and oxygen atoms in total. The molecular weight excluding hydrogens is 274 g/mol. The largest absolute Gasteiger partial charge is 0.378 e. The van der Waals surface area contributed by atoms with Crippen molar-refractivity contribution in [1.29, 1.82) is 0 Å². The Morgan fingerprint density at radius 1 is 1.27 bits per heavy atom. The summed E-state index contributed by atoms with van der Waals surface area (Å²) in [5, 5.41) is 0. The molecule has 0 spiro atoms. The molecule has 0 amide bonds. The lowest BCUT2D eigenvalue weighted by atomic mass is 10.2. The van der Waals surface area contributed by atoms with Crippen LogP contribution in [0, 0.1) is 0 Å². The van der Waals surface area contributed by atoms with Crippen LogP contribution in [-0.4, -0.2) is 32.6 Å². The van der Waals surface area contributed by atoms with E-state index >= 15 is 0 Å². The maximum Gasteiger partial charge on any atom is 0.0642 e.